The standard InChI is InChI=1S/C23H30N6O7/c24-6-9-34-11-12-35-10-7-28-17(14-25-27-28)5-8-36-18-1-2-19-16(13-18)15-29(33,23(19)32)20-3-4-21(30)26-22(20)31/h1-2,13-14,20H,3-12,15,24H2,(H,26,30,31). The van der Waals surface area contributed by atoms with Gasteiger partial charge in [-0.2, -0.15) is 0 Å². The van der Waals surface area contributed by atoms with E-state index in [1.165, 1.54) is 0 Å². The van der Waals surface area contributed by atoms with Crippen LogP contribution in [0.1, 0.15) is 34.5 Å². The maximum absolute atomic E-state index is 13.4. The third-order valence-electron chi connectivity index (χ3n) is 6.18. The monoisotopic (exact) mass is 502 g/mol. The molecule has 0 bridgehead atoms. The average Bonchev–Trinajstić information content (AvgIpc) is 3.40. The summed E-state index contributed by atoms with van der Waals surface area (Å²) in [4.78, 5) is 36.5. The maximum Gasteiger partial charge on any atom is 0.347 e. The number of carbonyl (C=O) groups excluding carboxylic acids is 3. The fourth-order valence-electron chi connectivity index (χ4n) is 4.35. The zero-order valence-electron chi connectivity index (χ0n) is 19.9. The smallest absolute Gasteiger partial charge is 0.347 e. The number of carbonyl (C=O) groups is 3. The number of nitrogens with zero attached hydrogens (tertiary/aromatic N) is 4. The van der Waals surface area contributed by atoms with E-state index in [1.807, 2.05) is 0 Å². The third kappa shape index (κ3) is 5.77. The molecule has 4 rings (SSSR count). The molecule has 2 aromatic rings. The van der Waals surface area contributed by atoms with E-state index in [0.29, 0.717) is 63.9 Å². The van der Waals surface area contributed by atoms with Gasteiger partial charge in [0.15, 0.2) is 6.04 Å². The first-order valence-electron chi connectivity index (χ1n) is 11.9. The molecule has 3 N–H and O–H groups in total. The predicted octanol–water partition coefficient (Wildman–Crippen LogP) is -0.335. The second-order valence-electron chi connectivity index (χ2n) is 8.61. The summed E-state index contributed by atoms with van der Waals surface area (Å²) in [5.74, 6) is -1.29. The van der Waals surface area contributed by atoms with Crippen LogP contribution >= 0.6 is 0 Å². The number of hydroxylamine groups is 3. The lowest BCUT2D eigenvalue weighted by molar-refractivity contribution is -0.825. The van der Waals surface area contributed by atoms with Gasteiger partial charge in [-0.1, -0.05) is 5.21 Å². The summed E-state index contributed by atoms with van der Waals surface area (Å²) in [7, 11) is 0. The molecule has 1 aromatic heterocycles. The quantitative estimate of drug-likeness (QED) is 0.160. The van der Waals surface area contributed by atoms with E-state index in [1.54, 1.807) is 29.1 Å². The zero-order valence-corrected chi connectivity index (χ0v) is 19.9. The van der Waals surface area contributed by atoms with Crippen molar-refractivity contribution < 1.29 is 33.2 Å². The van der Waals surface area contributed by atoms with E-state index in [0.717, 1.165) is 5.69 Å². The van der Waals surface area contributed by atoms with E-state index in [9.17, 15) is 19.6 Å². The summed E-state index contributed by atoms with van der Waals surface area (Å²) in [5.41, 5.74) is 7.04. The second kappa shape index (κ2) is 11.7. The van der Waals surface area contributed by atoms with Crippen molar-refractivity contribution in [1.82, 2.24) is 20.3 Å². The molecular weight excluding hydrogens is 472 g/mol. The molecule has 36 heavy (non-hydrogen) atoms. The Balaban J connectivity index is 1.27. The lowest BCUT2D eigenvalue weighted by Crippen LogP contribution is -2.60. The lowest BCUT2D eigenvalue weighted by atomic mass is 10.0. The van der Waals surface area contributed by atoms with E-state index in [4.69, 9.17) is 19.9 Å². The van der Waals surface area contributed by atoms with Crippen LogP contribution in [0.15, 0.2) is 24.4 Å². The molecule has 3 heterocycles. The van der Waals surface area contributed by atoms with Gasteiger partial charge in [0.05, 0.1) is 57.0 Å². The van der Waals surface area contributed by atoms with Crippen LogP contribution in [0.5, 0.6) is 5.75 Å². The van der Waals surface area contributed by atoms with E-state index in [2.05, 4.69) is 15.6 Å². The highest BCUT2D eigenvalue weighted by Crippen LogP contribution is 2.36. The number of imide groups is 1. The first kappa shape index (κ1) is 25.9. The van der Waals surface area contributed by atoms with Gasteiger partial charge >= 0.3 is 5.91 Å². The van der Waals surface area contributed by atoms with Crippen molar-refractivity contribution >= 4 is 17.7 Å². The number of hydrogen-bond donors (Lipinski definition) is 2. The summed E-state index contributed by atoms with van der Waals surface area (Å²) in [6.45, 7) is 3.11. The molecule has 1 aromatic carbocycles. The number of nitrogens with two attached hydrogens (primary N) is 1. The van der Waals surface area contributed by atoms with Crippen molar-refractivity contribution in [2.24, 2.45) is 5.73 Å². The van der Waals surface area contributed by atoms with Crippen LogP contribution in [-0.2, 0) is 38.6 Å². The summed E-state index contributed by atoms with van der Waals surface area (Å²) in [6.07, 6.45) is 2.29. The van der Waals surface area contributed by atoms with Gasteiger partial charge < -0.3 is 25.2 Å². The Morgan fingerprint density at radius 1 is 1.14 bits per heavy atom. The molecule has 194 valence electrons. The van der Waals surface area contributed by atoms with Crippen LogP contribution in [0.4, 0.5) is 0 Å². The van der Waals surface area contributed by atoms with Crippen LogP contribution in [0.3, 0.4) is 0 Å². The van der Waals surface area contributed by atoms with E-state index >= 15 is 0 Å². The van der Waals surface area contributed by atoms with E-state index in [-0.39, 0.29) is 24.9 Å². The molecule has 1 saturated heterocycles. The van der Waals surface area contributed by atoms with Crippen molar-refractivity contribution in [2.45, 2.75) is 38.4 Å². The Morgan fingerprint density at radius 3 is 2.72 bits per heavy atom. The van der Waals surface area contributed by atoms with Gasteiger partial charge in [-0.15, -0.1) is 5.10 Å². The largest absolute Gasteiger partial charge is 0.624 e. The SMILES string of the molecule is NCCOCCOCCn1nncc1CCOc1ccc2c(c1)C[N+]([O-])(C1CCC(=O)NC1=O)C2=O. The van der Waals surface area contributed by atoms with Crippen LogP contribution < -0.4 is 15.8 Å². The first-order valence-corrected chi connectivity index (χ1v) is 11.9. The molecule has 0 saturated carbocycles. The second-order valence-corrected chi connectivity index (χ2v) is 8.61. The first-order chi connectivity index (χ1) is 17.4. The molecule has 0 spiro atoms. The summed E-state index contributed by atoms with van der Waals surface area (Å²) >= 11 is 0. The molecule has 1 fully saturated rings. The van der Waals surface area contributed by atoms with Gasteiger partial charge in [0.25, 0.3) is 5.91 Å². The molecule has 2 aliphatic rings. The Bertz CT molecular complexity index is 1110. The third-order valence-corrected chi connectivity index (χ3v) is 6.18. The topological polar surface area (TPSA) is 171 Å². The molecule has 13 nitrogen and oxygen atoms in total. The molecule has 0 aliphatic carbocycles. The Kier molecular flexibility index (Phi) is 8.38. The summed E-state index contributed by atoms with van der Waals surface area (Å²) in [6, 6.07) is 3.71. The van der Waals surface area contributed by atoms with Gasteiger partial charge in [0.1, 0.15) is 12.3 Å². The number of amides is 3. The molecule has 3 amide bonds. The van der Waals surface area contributed by atoms with Crippen molar-refractivity contribution in [3.05, 3.63) is 46.4 Å². The number of ether oxygens (including phenoxy) is 3. The minimum Gasteiger partial charge on any atom is -0.624 e. The molecule has 2 unspecified atom stereocenters. The molecule has 13 heteroatoms. The van der Waals surface area contributed by atoms with Gasteiger partial charge in [-0.25, -0.2) is 9.48 Å². The van der Waals surface area contributed by atoms with Gasteiger partial charge in [-0.05, 0) is 18.2 Å². The highest BCUT2D eigenvalue weighted by Gasteiger charge is 2.49. The van der Waals surface area contributed by atoms with Crippen LogP contribution in [-0.4, -0.2) is 83.0 Å². The van der Waals surface area contributed by atoms with Crippen molar-refractivity contribution in [1.29, 1.82) is 0 Å². The number of quaternary nitrogens is 1. The Hall–Kier alpha value is -3.23. The van der Waals surface area contributed by atoms with Gasteiger partial charge in [-0.3, -0.25) is 19.6 Å². The highest BCUT2D eigenvalue weighted by atomic mass is 16.6. The number of nitrogens with one attached hydrogen (secondary N) is 1. The van der Waals surface area contributed by atoms with Gasteiger partial charge in [0, 0.05) is 31.4 Å². The molecule has 2 atom stereocenters. The number of piperidine rings is 1. The molecule has 0 radical (unpaired) electrons. The normalized spacial score (nSPS) is 21.5. The maximum atomic E-state index is 13.4. The average molecular weight is 503 g/mol. The van der Waals surface area contributed by atoms with Crippen LogP contribution in [0.2, 0.25) is 0 Å². The van der Waals surface area contributed by atoms with Crippen LogP contribution in [0.25, 0.3) is 0 Å². The van der Waals surface area contributed by atoms with Gasteiger partial charge in [0.2, 0.25) is 5.91 Å². The Morgan fingerprint density at radius 2 is 1.94 bits per heavy atom. The zero-order chi connectivity index (χ0) is 25.5. The number of fused-ring (bicyclic) bond motifs is 1. The lowest BCUT2D eigenvalue weighted by Gasteiger charge is -2.42. The molecular formula is C23H30N6O7. The summed E-state index contributed by atoms with van der Waals surface area (Å²) in [5, 5.41) is 23.6. The minimum absolute atomic E-state index is 0.0391. The number of rotatable bonds is 13. The fraction of sp³-hybridized carbons (Fsp3) is 0.522. The number of benzene rings is 1. The van der Waals surface area contributed by atoms with Crippen molar-refractivity contribution in [2.75, 3.05) is 39.6 Å². The van der Waals surface area contributed by atoms with Crippen molar-refractivity contribution in [3.63, 3.8) is 0 Å². The predicted molar refractivity (Wildman–Crippen MR) is 124 cm³/mol. The minimum atomic E-state index is -1.32. The Labute approximate surface area is 207 Å². The summed E-state index contributed by atoms with van der Waals surface area (Å²) < 4.78 is 17.1. The highest BCUT2D eigenvalue weighted by molar-refractivity contribution is 6.02. The fourth-order valence-corrected chi connectivity index (χ4v) is 4.35. The number of aromatic nitrogens is 3. The van der Waals surface area contributed by atoms with E-state index < -0.39 is 28.4 Å². The van der Waals surface area contributed by atoms with Crippen molar-refractivity contribution in [3.8, 4) is 5.75 Å². The number of hydrogen-bond acceptors (Lipinski definition) is 10. The molecule has 2 aliphatic heterocycles. The van der Waals surface area contributed by atoms with Crippen LogP contribution in [0, 0.1) is 5.21 Å².